The molecule has 1 aliphatic rings. The van der Waals surface area contributed by atoms with Gasteiger partial charge in [-0.15, -0.1) is 11.8 Å². The van der Waals surface area contributed by atoms with Crippen molar-refractivity contribution in [3.05, 3.63) is 11.8 Å². The van der Waals surface area contributed by atoms with E-state index < -0.39 is 5.97 Å². The molecule has 0 unspecified atom stereocenters. The predicted molar refractivity (Wildman–Crippen MR) is 44.5 cm³/mol. The summed E-state index contributed by atoms with van der Waals surface area (Å²) in [7, 11) is 0. The van der Waals surface area contributed by atoms with Crippen molar-refractivity contribution in [1.29, 1.82) is 0 Å². The molecule has 0 fully saturated rings. The molecule has 0 amide bonds. The van der Waals surface area contributed by atoms with Crippen LogP contribution in [0.25, 0.3) is 0 Å². The average Bonchev–Trinajstić information content (AvgIpc) is 2.47. The fourth-order valence-corrected chi connectivity index (χ4v) is 2.27. The minimum absolute atomic E-state index is 0.333. The van der Waals surface area contributed by atoms with Gasteiger partial charge in [0.2, 0.25) is 0 Å². The number of carbonyl (C=O) groups is 1. The summed E-state index contributed by atoms with van der Waals surface area (Å²) >= 11 is 1.57. The fourth-order valence-electron chi connectivity index (χ4n) is 1.22. The van der Waals surface area contributed by atoms with Gasteiger partial charge < -0.3 is 5.11 Å². The molecule has 2 heterocycles. The van der Waals surface area contributed by atoms with Gasteiger partial charge in [0.1, 0.15) is 10.6 Å². The van der Waals surface area contributed by atoms with Crippen LogP contribution in [0.1, 0.15) is 16.8 Å². The number of nitrogens with zero attached hydrogens (tertiary/aromatic N) is 2. The largest absolute Gasteiger partial charge is 0.478 e. The second-order valence-electron chi connectivity index (χ2n) is 2.59. The van der Waals surface area contributed by atoms with Gasteiger partial charge in [-0.05, 0) is 6.42 Å². The molecule has 1 N–H and O–H groups in total. The number of rotatable bonds is 1. The van der Waals surface area contributed by atoms with Gasteiger partial charge in [-0.25, -0.2) is 4.79 Å². The lowest BCUT2D eigenvalue weighted by Crippen LogP contribution is -2.09. The van der Waals surface area contributed by atoms with Gasteiger partial charge in [0.25, 0.3) is 0 Å². The summed E-state index contributed by atoms with van der Waals surface area (Å²) in [5.74, 6) is 0.108. The van der Waals surface area contributed by atoms with Crippen LogP contribution >= 0.6 is 11.8 Å². The first-order valence-corrected chi connectivity index (χ1v) is 4.69. The van der Waals surface area contributed by atoms with Gasteiger partial charge in [0.15, 0.2) is 0 Å². The third-order valence-electron chi connectivity index (χ3n) is 1.77. The molecule has 0 saturated heterocycles. The van der Waals surface area contributed by atoms with Crippen molar-refractivity contribution >= 4 is 17.7 Å². The fraction of sp³-hybridized carbons (Fsp3) is 0.429. The molecule has 0 saturated carbocycles. The van der Waals surface area contributed by atoms with Gasteiger partial charge in [-0.3, -0.25) is 4.68 Å². The van der Waals surface area contributed by atoms with Crippen molar-refractivity contribution in [2.24, 2.45) is 0 Å². The number of hydrogen-bond donors (Lipinski definition) is 1. The van der Waals surface area contributed by atoms with Crippen LogP contribution in [0.2, 0.25) is 0 Å². The highest BCUT2D eigenvalue weighted by Gasteiger charge is 2.19. The van der Waals surface area contributed by atoms with E-state index in [1.807, 2.05) is 0 Å². The first kappa shape index (κ1) is 7.67. The molecule has 0 spiro atoms. The van der Waals surface area contributed by atoms with Crippen molar-refractivity contribution in [3.63, 3.8) is 0 Å². The SMILES string of the molecule is O=C(O)c1cnn2c1SCCC2. The van der Waals surface area contributed by atoms with E-state index in [0.717, 1.165) is 23.7 Å². The standard InChI is InChI=1S/C7H8N2O2S/c10-7(11)5-4-8-9-2-1-3-12-6(5)9/h4H,1-3H2,(H,10,11). The van der Waals surface area contributed by atoms with Crippen LogP contribution in [0.5, 0.6) is 0 Å². The van der Waals surface area contributed by atoms with E-state index in [0.29, 0.717) is 5.56 Å². The first-order valence-electron chi connectivity index (χ1n) is 3.71. The van der Waals surface area contributed by atoms with E-state index in [1.54, 1.807) is 16.4 Å². The summed E-state index contributed by atoms with van der Waals surface area (Å²) < 4.78 is 1.76. The van der Waals surface area contributed by atoms with Crippen LogP contribution in [0.3, 0.4) is 0 Å². The van der Waals surface area contributed by atoms with Crippen LogP contribution in [0, 0.1) is 0 Å². The molecule has 0 aliphatic carbocycles. The third kappa shape index (κ3) is 1.10. The van der Waals surface area contributed by atoms with Crippen molar-refractivity contribution in [3.8, 4) is 0 Å². The highest BCUT2D eigenvalue weighted by atomic mass is 32.2. The summed E-state index contributed by atoms with van der Waals surface area (Å²) in [6, 6.07) is 0. The average molecular weight is 184 g/mol. The highest BCUT2D eigenvalue weighted by Crippen LogP contribution is 2.27. The molecule has 5 heteroatoms. The number of hydrogen-bond acceptors (Lipinski definition) is 3. The highest BCUT2D eigenvalue weighted by molar-refractivity contribution is 7.99. The quantitative estimate of drug-likeness (QED) is 0.709. The maximum absolute atomic E-state index is 10.7. The normalized spacial score (nSPS) is 15.7. The van der Waals surface area contributed by atoms with Crippen LogP contribution in [-0.4, -0.2) is 26.6 Å². The summed E-state index contributed by atoms with van der Waals surface area (Å²) in [5.41, 5.74) is 0.333. The van der Waals surface area contributed by atoms with E-state index in [4.69, 9.17) is 5.11 Å². The number of fused-ring (bicyclic) bond motifs is 1. The topological polar surface area (TPSA) is 55.1 Å². The number of aromatic carboxylic acids is 1. The number of aromatic nitrogens is 2. The Bertz CT molecular complexity index is 321. The zero-order chi connectivity index (χ0) is 8.55. The number of carboxylic acid groups (broad SMARTS) is 1. The van der Waals surface area contributed by atoms with Gasteiger partial charge in [0.05, 0.1) is 6.20 Å². The monoisotopic (exact) mass is 184 g/mol. The molecule has 2 rings (SSSR count). The summed E-state index contributed by atoms with van der Waals surface area (Å²) in [4.78, 5) is 10.7. The Morgan fingerprint density at radius 3 is 3.33 bits per heavy atom. The van der Waals surface area contributed by atoms with E-state index in [2.05, 4.69) is 5.10 Å². The Morgan fingerprint density at radius 2 is 2.58 bits per heavy atom. The Labute approximate surface area is 73.6 Å². The van der Waals surface area contributed by atoms with Gasteiger partial charge in [-0.1, -0.05) is 0 Å². The molecule has 4 nitrogen and oxygen atoms in total. The Hall–Kier alpha value is -0.970. The second kappa shape index (κ2) is 2.82. The zero-order valence-corrected chi connectivity index (χ0v) is 7.17. The summed E-state index contributed by atoms with van der Waals surface area (Å²) in [6.07, 6.45) is 2.49. The van der Waals surface area contributed by atoms with Gasteiger partial charge >= 0.3 is 5.97 Å². The van der Waals surface area contributed by atoms with E-state index in [-0.39, 0.29) is 0 Å². The molecule has 1 aromatic heterocycles. The smallest absolute Gasteiger partial charge is 0.340 e. The van der Waals surface area contributed by atoms with E-state index in [9.17, 15) is 4.79 Å². The zero-order valence-electron chi connectivity index (χ0n) is 6.36. The van der Waals surface area contributed by atoms with Crippen LogP contribution in [-0.2, 0) is 6.54 Å². The molecular weight excluding hydrogens is 176 g/mol. The maximum atomic E-state index is 10.7. The van der Waals surface area contributed by atoms with Gasteiger partial charge in [0, 0.05) is 12.3 Å². The molecule has 12 heavy (non-hydrogen) atoms. The second-order valence-corrected chi connectivity index (χ2v) is 3.68. The first-order chi connectivity index (χ1) is 5.79. The molecular formula is C7H8N2O2S. The minimum Gasteiger partial charge on any atom is -0.478 e. The number of thioether (sulfide) groups is 1. The Kier molecular flexibility index (Phi) is 1.80. The maximum Gasteiger partial charge on any atom is 0.340 e. The molecule has 1 aliphatic heterocycles. The van der Waals surface area contributed by atoms with E-state index in [1.165, 1.54) is 6.20 Å². The molecule has 0 aromatic carbocycles. The molecule has 64 valence electrons. The summed E-state index contributed by atoms with van der Waals surface area (Å²) in [6.45, 7) is 0.843. The lowest BCUT2D eigenvalue weighted by atomic mass is 10.4. The number of aryl methyl sites for hydroxylation is 1. The lowest BCUT2D eigenvalue weighted by molar-refractivity contribution is 0.0692. The Balaban J connectivity index is 2.44. The van der Waals surface area contributed by atoms with Crippen LogP contribution < -0.4 is 0 Å². The van der Waals surface area contributed by atoms with Crippen molar-refractivity contribution in [2.45, 2.75) is 18.0 Å². The predicted octanol–water partition coefficient (Wildman–Crippen LogP) is 1.08. The molecule has 0 atom stereocenters. The lowest BCUT2D eigenvalue weighted by Gasteiger charge is -2.12. The Morgan fingerprint density at radius 1 is 1.75 bits per heavy atom. The molecule has 0 bridgehead atoms. The van der Waals surface area contributed by atoms with Crippen molar-refractivity contribution in [1.82, 2.24) is 9.78 Å². The third-order valence-corrected chi connectivity index (χ3v) is 2.97. The van der Waals surface area contributed by atoms with Crippen molar-refractivity contribution in [2.75, 3.05) is 5.75 Å². The minimum atomic E-state index is -0.884. The summed E-state index contributed by atoms with van der Waals surface area (Å²) in [5, 5.41) is 13.6. The van der Waals surface area contributed by atoms with Crippen molar-refractivity contribution < 1.29 is 9.90 Å². The van der Waals surface area contributed by atoms with E-state index >= 15 is 0 Å². The molecule has 1 aromatic rings. The van der Waals surface area contributed by atoms with Crippen LogP contribution in [0.15, 0.2) is 11.2 Å². The molecule has 0 radical (unpaired) electrons. The number of carboxylic acids is 1. The van der Waals surface area contributed by atoms with Gasteiger partial charge in [-0.2, -0.15) is 5.10 Å². The van der Waals surface area contributed by atoms with Crippen LogP contribution in [0.4, 0.5) is 0 Å².